The maximum Gasteiger partial charge on any atom is 0.262 e. The Bertz CT molecular complexity index is 614. The van der Waals surface area contributed by atoms with E-state index in [2.05, 4.69) is 5.32 Å². The van der Waals surface area contributed by atoms with E-state index >= 15 is 0 Å². The molecular weight excluding hydrogens is 301 g/mol. The monoisotopic (exact) mass is 315 g/mol. The number of carbonyl (C=O) groups is 1. The van der Waals surface area contributed by atoms with Gasteiger partial charge >= 0.3 is 0 Å². The number of amides is 1. The lowest BCUT2D eigenvalue weighted by Gasteiger charge is -2.03. The molecule has 1 amide bonds. The third kappa shape index (κ3) is 3.48. The number of benzene rings is 1. The molecule has 0 saturated heterocycles. The second-order valence-electron chi connectivity index (χ2n) is 4.43. The van der Waals surface area contributed by atoms with Crippen molar-refractivity contribution < 1.29 is 14.3 Å². The van der Waals surface area contributed by atoms with Crippen LogP contribution in [0.4, 0.5) is 4.39 Å². The van der Waals surface area contributed by atoms with Crippen LogP contribution < -0.4 is 5.32 Å². The van der Waals surface area contributed by atoms with Gasteiger partial charge < -0.3 is 10.4 Å². The molecule has 1 heterocycles. The van der Waals surface area contributed by atoms with Gasteiger partial charge in [-0.25, -0.2) is 4.39 Å². The zero-order chi connectivity index (χ0) is 14.5. The summed E-state index contributed by atoms with van der Waals surface area (Å²) in [5.41, 5.74) is 0. The van der Waals surface area contributed by atoms with Gasteiger partial charge in [0.2, 0.25) is 0 Å². The molecule has 0 fully saturated rings. The number of hydrogen-bond acceptors (Lipinski definition) is 3. The van der Waals surface area contributed by atoms with Crippen LogP contribution in [0.3, 0.4) is 0 Å². The molecule has 1 aromatic carbocycles. The molecule has 0 unspecified atom stereocenters. The Hall–Kier alpha value is -1.17. The van der Waals surface area contributed by atoms with E-state index in [1.54, 1.807) is 6.07 Å². The average Bonchev–Trinajstić information content (AvgIpc) is 2.75. The Morgan fingerprint density at radius 2 is 2.15 bits per heavy atom. The number of nitrogens with one attached hydrogen (secondary N) is 1. The summed E-state index contributed by atoms with van der Waals surface area (Å²) in [6.45, 7) is 0.708. The minimum Gasteiger partial charge on any atom is -0.396 e. The maximum absolute atomic E-state index is 13.1. The first kappa shape index (κ1) is 15.2. The molecule has 2 aromatic rings. The number of aliphatic hydroxyl groups excluding tert-OH is 1. The van der Waals surface area contributed by atoms with Crippen molar-refractivity contribution in [1.29, 1.82) is 0 Å². The smallest absolute Gasteiger partial charge is 0.262 e. The fourth-order valence-electron chi connectivity index (χ4n) is 1.88. The average molecular weight is 316 g/mol. The van der Waals surface area contributed by atoms with Crippen molar-refractivity contribution >= 4 is 38.9 Å². The number of thiophene rings is 1. The summed E-state index contributed by atoms with van der Waals surface area (Å²) in [5.74, 6) is -0.577. The van der Waals surface area contributed by atoms with E-state index < -0.39 is 0 Å². The van der Waals surface area contributed by atoms with Crippen molar-refractivity contribution in [3.05, 3.63) is 33.9 Å². The van der Waals surface area contributed by atoms with Gasteiger partial charge in [-0.3, -0.25) is 4.79 Å². The quantitative estimate of drug-likeness (QED) is 0.800. The predicted molar refractivity (Wildman–Crippen MR) is 80.1 cm³/mol. The van der Waals surface area contributed by atoms with Gasteiger partial charge in [0.25, 0.3) is 5.91 Å². The molecule has 0 spiro atoms. The van der Waals surface area contributed by atoms with Crippen LogP contribution >= 0.6 is 22.9 Å². The van der Waals surface area contributed by atoms with Crippen molar-refractivity contribution in [3.8, 4) is 0 Å². The molecule has 20 heavy (non-hydrogen) atoms. The number of fused-ring (bicyclic) bond motifs is 1. The lowest BCUT2D eigenvalue weighted by atomic mass is 10.2. The highest BCUT2D eigenvalue weighted by Crippen LogP contribution is 2.35. The molecule has 2 rings (SSSR count). The van der Waals surface area contributed by atoms with Gasteiger partial charge in [0.15, 0.2) is 0 Å². The Morgan fingerprint density at radius 3 is 2.90 bits per heavy atom. The lowest BCUT2D eigenvalue weighted by Crippen LogP contribution is -2.23. The topological polar surface area (TPSA) is 49.3 Å². The molecular formula is C14H15ClFNO2S. The zero-order valence-corrected chi connectivity index (χ0v) is 12.4. The molecule has 3 nitrogen and oxygen atoms in total. The Kier molecular flexibility index (Phi) is 5.34. The first-order valence-electron chi connectivity index (χ1n) is 6.40. The zero-order valence-electron chi connectivity index (χ0n) is 10.8. The molecule has 0 atom stereocenters. The van der Waals surface area contributed by atoms with E-state index in [1.165, 1.54) is 23.5 Å². The van der Waals surface area contributed by atoms with E-state index in [-0.39, 0.29) is 18.3 Å². The van der Waals surface area contributed by atoms with Crippen LogP contribution in [-0.4, -0.2) is 24.2 Å². The Morgan fingerprint density at radius 1 is 1.35 bits per heavy atom. The van der Waals surface area contributed by atoms with Crippen LogP contribution in [0, 0.1) is 5.82 Å². The molecule has 108 valence electrons. The highest BCUT2D eigenvalue weighted by atomic mass is 35.5. The molecule has 0 aliphatic rings. The van der Waals surface area contributed by atoms with E-state index in [0.29, 0.717) is 26.5 Å². The first-order chi connectivity index (χ1) is 9.63. The normalized spacial score (nSPS) is 10.9. The molecule has 0 aliphatic carbocycles. The summed E-state index contributed by atoms with van der Waals surface area (Å²) in [6, 6.07) is 4.29. The van der Waals surface area contributed by atoms with Gasteiger partial charge in [0.05, 0.1) is 5.02 Å². The number of rotatable bonds is 6. The van der Waals surface area contributed by atoms with Gasteiger partial charge in [-0.15, -0.1) is 11.3 Å². The summed E-state index contributed by atoms with van der Waals surface area (Å²) >= 11 is 7.35. The van der Waals surface area contributed by atoms with E-state index in [9.17, 15) is 9.18 Å². The lowest BCUT2D eigenvalue weighted by molar-refractivity contribution is 0.0957. The van der Waals surface area contributed by atoms with Crippen molar-refractivity contribution in [2.75, 3.05) is 13.2 Å². The molecule has 1 aromatic heterocycles. The van der Waals surface area contributed by atoms with Gasteiger partial charge in [-0.2, -0.15) is 0 Å². The van der Waals surface area contributed by atoms with Crippen LogP contribution in [-0.2, 0) is 0 Å². The van der Waals surface area contributed by atoms with Crippen molar-refractivity contribution in [3.63, 3.8) is 0 Å². The van der Waals surface area contributed by atoms with Gasteiger partial charge in [0.1, 0.15) is 10.7 Å². The molecule has 0 saturated carbocycles. The first-order valence-corrected chi connectivity index (χ1v) is 7.59. The maximum atomic E-state index is 13.1. The number of hydrogen-bond donors (Lipinski definition) is 2. The Labute approximate surface area is 125 Å². The second kappa shape index (κ2) is 7.02. The van der Waals surface area contributed by atoms with Crippen LogP contribution in [0.15, 0.2) is 18.2 Å². The van der Waals surface area contributed by atoms with Gasteiger partial charge in [-0.05, 0) is 37.5 Å². The molecule has 0 aliphatic heterocycles. The van der Waals surface area contributed by atoms with Crippen molar-refractivity contribution in [2.45, 2.75) is 19.3 Å². The molecule has 2 N–H and O–H groups in total. The summed E-state index contributed by atoms with van der Waals surface area (Å²) in [5, 5.41) is 12.5. The fraction of sp³-hybridized carbons (Fsp3) is 0.357. The van der Waals surface area contributed by atoms with Gasteiger partial charge in [-0.1, -0.05) is 11.6 Å². The highest BCUT2D eigenvalue weighted by Gasteiger charge is 2.16. The second-order valence-corrected chi connectivity index (χ2v) is 5.86. The van der Waals surface area contributed by atoms with Crippen LogP contribution in [0.25, 0.3) is 10.1 Å². The van der Waals surface area contributed by atoms with Gasteiger partial charge in [0, 0.05) is 23.2 Å². The largest absolute Gasteiger partial charge is 0.396 e. The van der Waals surface area contributed by atoms with Crippen LogP contribution in [0.5, 0.6) is 0 Å². The molecule has 0 radical (unpaired) electrons. The number of carbonyl (C=O) groups excluding carboxylic acids is 1. The van der Waals surface area contributed by atoms with Crippen LogP contribution in [0.1, 0.15) is 28.9 Å². The fourth-order valence-corrected chi connectivity index (χ4v) is 3.34. The van der Waals surface area contributed by atoms with Crippen LogP contribution in [0.2, 0.25) is 5.02 Å². The standard InChI is InChI=1S/C14H15ClFNO2S/c15-12-10-5-4-9(16)8-11(10)20-13(12)14(19)17-6-2-1-3-7-18/h4-5,8,18H,1-3,6-7H2,(H,17,19). The third-order valence-electron chi connectivity index (χ3n) is 2.92. The summed E-state index contributed by atoms with van der Waals surface area (Å²) in [6.07, 6.45) is 2.41. The van der Waals surface area contributed by atoms with Crippen molar-refractivity contribution in [2.24, 2.45) is 0 Å². The highest BCUT2D eigenvalue weighted by molar-refractivity contribution is 7.21. The molecule has 0 bridgehead atoms. The minimum atomic E-state index is -0.341. The summed E-state index contributed by atoms with van der Waals surface area (Å²) < 4.78 is 13.8. The number of halogens is 2. The summed E-state index contributed by atoms with van der Waals surface area (Å²) in [7, 11) is 0. The predicted octanol–water partition coefficient (Wildman–Crippen LogP) is 3.59. The third-order valence-corrected chi connectivity index (χ3v) is 4.57. The Balaban J connectivity index is 2.04. The molecule has 6 heteroatoms. The summed E-state index contributed by atoms with van der Waals surface area (Å²) in [4.78, 5) is 12.4. The number of unbranched alkanes of at least 4 members (excludes halogenated alkanes) is 2. The van der Waals surface area contributed by atoms with Crippen molar-refractivity contribution in [1.82, 2.24) is 5.32 Å². The SMILES string of the molecule is O=C(NCCCCCO)c1sc2cc(F)ccc2c1Cl. The van der Waals surface area contributed by atoms with E-state index in [0.717, 1.165) is 19.3 Å². The van der Waals surface area contributed by atoms with E-state index in [4.69, 9.17) is 16.7 Å². The number of aliphatic hydroxyl groups is 1. The minimum absolute atomic E-state index is 0.168. The van der Waals surface area contributed by atoms with E-state index in [1.807, 2.05) is 0 Å².